The fraction of sp³-hybridized carbons (Fsp3) is 0.368. The van der Waals surface area contributed by atoms with E-state index in [4.69, 9.17) is 0 Å². The number of benzene rings is 2. The van der Waals surface area contributed by atoms with E-state index < -0.39 is 6.10 Å². The lowest BCUT2D eigenvalue weighted by Gasteiger charge is -2.35. The molecule has 3 N–H and O–H groups in total. The summed E-state index contributed by atoms with van der Waals surface area (Å²) in [5.74, 6) is 0.00917. The molecule has 0 bridgehead atoms. The Bertz CT molecular complexity index is 695. The lowest BCUT2D eigenvalue weighted by atomic mass is 9.91. The third-order valence-corrected chi connectivity index (χ3v) is 4.84. The third kappa shape index (κ3) is 4.07. The van der Waals surface area contributed by atoms with Crippen LogP contribution in [0.25, 0.3) is 0 Å². The Morgan fingerprint density at radius 3 is 2.75 bits per heavy atom. The summed E-state index contributed by atoms with van der Waals surface area (Å²) in [7, 11) is 0. The van der Waals surface area contributed by atoms with E-state index in [1.165, 1.54) is 11.0 Å². The van der Waals surface area contributed by atoms with E-state index in [1.54, 1.807) is 24.3 Å². The van der Waals surface area contributed by atoms with E-state index in [0.29, 0.717) is 0 Å². The first kappa shape index (κ1) is 18.7. The zero-order chi connectivity index (χ0) is 16.4. The summed E-state index contributed by atoms with van der Waals surface area (Å²) in [6.07, 6.45) is 1.23. The quantitative estimate of drug-likeness (QED) is 0.661. The Balaban J connectivity index is 0.00000208. The van der Waals surface area contributed by atoms with Gasteiger partial charge in [0.1, 0.15) is 30.3 Å². The number of quaternary nitrogens is 1. The number of nitrogens with one attached hydrogen (secondary N) is 1. The van der Waals surface area contributed by atoms with Gasteiger partial charge in [0.2, 0.25) is 0 Å². The van der Waals surface area contributed by atoms with Gasteiger partial charge in [-0.15, -0.1) is 0 Å². The number of rotatable bonds is 4. The Labute approximate surface area is 148 Å². The van der Waals surface area contributed by atoms with E-state index in [2.05, 4.69) is 0 Å². The summed E-state index contributed by atoms with van der Waals surface area (Å²) in [5, 5.41) is 20.1. The zero-order valence-electron chi connectivity index (χ0n) is 13.7. The fourth-order valence-corrected chi connectivity index (χ4v) is 3.44. The van der Waals surface area contributed by atoms with Crippen molar-refractivity contribution < 1.29 is 31.9 Å². The molecule has 0 amide bonds. The number of phenols is 1. The average molecular weight is 352 g/mol. The van der Waals surface area contributed by atoms with Crippen molar-refractivity contribution in [2.75, 3.05) is 6.54 Å². The molecule has 24 heavy (non-hydrogen) atoms. The van der Waals surface area contributed by atoms with Crippen molar-refractivity contribution in [3.05, 3.63) is 65.0 Å². The molecule has 2 aromatic rings. The highest BCUT2D eigenvalue weighted by molar-refractivity contribution is 5.37. The minimum atomic E-state index is -0.560. The van der Waals surface area contributed by atoms with Crippen LogP contribution in [0.15, 0.2) is 42.5 Å². The molecule has 3 rings (SSSR count). The average Bonchev–Trinajstić information content (AvgIpc) is 2.53. The number of aromatic hydroxyl groups is 1. The summed E-state index contributed by atoms with van der Waals surface area (Å²) >= 11 is 0. The second-order valence-electron chi connectivity index (χ2n) is 6.44. The zero-order valence-corrected chi connectivity index (χ0v) is 14.4. The molecule has 3 unspecified atom stereocenters. The highest BCUT2D eigenvalue weighted by Crippen LogP contribution is 2.27. The van der Waals surface area contributed by atoms with Crippen LogP contribution in [-0.2, 0) is 13.0 Å². The molecule has 0 saturated carbocycles. The number of aliphatic hydroxyl groups is 1. The van der Waals surface area contributed by atoms with Gasteiger partial charge in [-0.05, 0) is 54.8 Å². The van der Waals surface area contributed by atoms with Gasteiger partial charge < -0.3 is 27.5 Å². The molecular weight excluding hydrogens is 329 g/mol. The number of aryl methyl sites for hydroxylation is 1. The summed E-state index contributed by atoms with van der Waals surface area (Å²) < 4.78 is 13.2. The van der Waals surface area contributed by atoms with Crippen molar-refractivity contribution in [1.29, 1.82) is 0 Å². The maximum absolute atomic E-state index is 13.2. The topological polar surface area (TPSA) is 44.9 Å². The Kier molecular flexibility index (Phi) is 6.21. The van der Waals surface area contributed by atoms with Gasteiger partial charge in [-0.25, -0.2) is 4.39 Å². The van der Waals surface area contributed by atoms with Crippen molar-refractivity contribution >= 4 is 0 Å². The highest BCUT2D eigenvalue weighted by atomic mass is 35.5. The molecule has 3 atom stereocenters. The Hall–Kier alpha value is -1.62. The van der Waals surface area contributed by atoms with Crippen LogP contribution in [0.2, 0.25) is 0 Å². The molecule has 2 aromatic carbocycles. The van der Waals surface area contributed by atoms with E-state index in [1.807, 2.05) is 19.1 Å². The fourth-order valence-electron chi connectivity index (χ4n) is 3.44. The summed E-state index contributed by atoms with van der Waals surface area (Å²) in [6.45, 7) is 3.81. The monoisotopic (exact) mass is 351 g/mol. The van der Waals surface area contributed by atoms with Crippen LogP contribution in [0.4, 0.5) is 4.39 Å². The molecule has 0 aliphatic carbocycles. The van der Waals surface area contributed by atoms with Gasteiger partial charge in [0.05, 0.1) is 6.54 Å². The largest absolute Gasteiger partial charge is 1.00 e. The molecule has 0 radical (unpaired) electrons. The van der Waals surface area contributed by atoms with Crippen LogP contribution in [-0.4, -0.2) is 22.8 Å². The molecular formula is C19H23ClFNO2. The number of hydrogen-bond acceptors (Lipinski definition) is 2. The van der Waals surface area contributed by atoms with Crippen molar-refractivity contribution in [2.24, 2.45) is 0 Å². The molecule has 0 spiro atoms. The van der Waals surface area contributed by atoms with E-state index in [0.717, 1.165) is 42.6 Å². The smallest absolute Gasteiger partial charge is 0.131 e. The number of phenolic OH excluding ortho intramolecular Hbond substituents is 1. The first-order valence-corrected chi connectivity index (χ1v) is 8.13. The van der Waals surface area contributed by atoms with Gasteiger partial charge in [-0.3, -0.25) is 0 Å². The minimum Gasteiger partial charge on any atom is -1.00 e. The first-order chi connectivity index (χ1) is 11.0. The van der Waals surface area contributed by atoms with Gasteiger partial charge >= 0.3 is 0 Å². The van der Waals surface area contributed by atoms with Crippen LogP contribution in [0.5, 0.6) is 5.75 Å². The predicted molar refractivity (Wildman–Crippen MR) is 86.8 cm³/mol. The van der Waals surface area contributed by atoms with Crippen molar-refractivity contribution in [3.8, 4) is 5.75 Å². The summed E-state index contributed by atoms with van der Waals surface area (Å²) in [6, 6.07) is 12.1. The molecule has 1 heterocycles. The van der Waals surface area contributed by atoms with Gasteiger partial charge in [-0.1, -0.05) is 12.1 Å². The lowest BCUT2D eigenvalue weighted by Crippen LogP contribution is -3.15. The van der Waals surface area contributed by atoms with Crippen molar-refractivity contribution in [1.82, 2.24) is 0 Å². The van der Waals surface area contributed by atoms with Crippen LogP contribution < -0.4 is 17.3 Å². The summed E-state index contributed by atoms with van der Waals surface area (Å²) in [5.41, 5.74) is 2.94. The number of halogens is 2. The number of aliphatic hydroxyl groups excluding tert-OH is 1. The van der Waals surface area contributed by atoms with Gasteiger partial charge in [0.15, 0.2) is 0 Å². The van der Waals surface area contributed by atoms with E-state index >= 15 is 0 Å². The SMILES string of the molecule is CC1C(O)c2cc(O)ccc2C[NH+]1CCCc1cccc(F)c1.[Cl-]. The number of fused-ring (bicyclic) bond motifs is 1. The van der Waals surface area contributed by atoms with Gasteiger partial charge in [0, 0.05) is 12.0 Å². The lowest BCUT2D eigenvalue weighted by molar-refractivity contribution is -0.944. The molecule has 0 saturated heterocycles. The second-order valence-corrected chi connectivity index (χ2v) is 6.44. The van der Waals surface area contributed by atoms with Crippen molar-refractivity contribution in [2.45, 2.75) is 38.5 Å². The van der Waals surface area contributed by atoms with E-state index in [-0.39, 0.29) is 30.0 Å². The summed E-state index contributed by atoms with van der Waals surface area (Å²) in [4.78, 5) is 1.33. The van der Waals surface area contributed by atoms with Crippen LogP contribution in [0.1, 0.15) is 36.1 Å². The molecule has 5 heteroatoms. The standard InChI is InChI=1S/C19H22FNO2.ClH/c1-13-19(23)18-11-17(22)8-7-15(18)12-21(13)9-3-5-14-4-2-6-16(20)10-14;/h2,4,6-8,10-11,13,19,22-23H,3,5,9,12H2,1H3;1H. The Morgan fingerprint density at radius 1 is 1.21 bits per heavy atom. The molecule has 0 fully saturated rings. The van der Waals surface area contributed by atoms with E-state index in [9.17, 15) is 14.6 Å². The van der Waals surface area contributed by atoms with Crippen LogP contribution in [0, 0.1) is 5.82 Å². The van der Waals surface area contributed by atoms with Crippen LogP contribution >= 0.6 is 0 Å². The normalized spacial score (nSPS) is 22.5. The van der Waals surface area contributed by atoms with Gasteiger partial charge in [0.25, 0.3) is 0 Å². The molecule has 1 aliphatic heterocycles. The molecule has 130 valence electrons. The van der Waals surface area contributed by atoms with Crippen molar-refractivity contribution in [3.63, 3.8) is 0 Å². The Morgan fingerprint density at radius 2 is 2.00 bits per heavy atom. The maximum Gasteiger partial charge on any atom is 0.131 e. The van der Waals surface area contributed by atoms with Gasteiger partial charge in [-0.2, -0.15) is 0 Å². The second kappa shape index (κ2) is 7.97. The maximum atomic E-state index is 13.2. The minimum absolute atomic E-state index is 0. The molecule has 1 aliphatic rings. The predicted octanol–water partition coefficient (Wildman–Crippen LogP) is -1.01. The number of hydrogen-bond donors (Lipinski definition) is 3. The van der Waals surface area contributed by atoms with Crippen LogP contribution in [0.3, 0.4) is 0 Å². The third-order valence-electron chi connectivity index (χ3n) is 4.84. The molecule has 3 nitrogen and oxygen atoms in total. The molecule has 0 aromatic heterocycles. The first-order valence-electron chi connectivity index (χ1n) is 8.13. The highest BCUT2D eigenvalue weighted by Gasteiger charge is 2.33.